The molecule has 0 bridgehead atoms. The quantitative estimate of drug-likeness (QED) is 0.692. The molecule has 1 atom stereocenters. The molecule has 3 N–H and O–H groups in total. The minimum Gasteiger partial charge on any atom is -0.494 e. The lowest BCUT2D eigenvalue weighted by molar-refractivity contribution is -0.121. The van der Waals surface area contributed by atoms with E-state index in [9.17, 15) is 13.2 Å². The number of benzene rings is 2. The van der Waals surface area contributed by atoms with Crippen molar-refractivity contribution in [1.29, 1.82) is 0 Å². The second-order valence-corrected chi connectivity index (χ2v) is 7.73. The number of nitrogens with two attached hydrogens (primary N) is 1. The fraction of sp³-hybridized carbons (Fsp3) is 0.316. The minimum atomic E-state index is -3.71. The zero-order valence-corrected chi connectivity index (χ0v) is 15.8. The van der Waals surface area contributed by atoms with Crippen molar-refractivity contribution in [3.63, 3.8) is 0 Å². The summed E-state index contributed by atoms with van der Waals surface area (Å²) in [5.41, 5.74) is 1.93. The number of nitrogens with one attached hydrogen (secondary N) is 1. The molecule has 2 rings (SSSR count). The third-order valence-electron chi connectivity index (χ3n) is 3.89. The Kier molecular flexibility index (Phi) is 6.76. The number of carbonyl (C=O) groups excluding carboxylic acids is 1. The zero-order valence-electron chi connectivity index (χ0n) is 14.9. The van der Waals surface area contributed by atoms with Gasteiger partial charge in [-0.3, -0.25) is 4.79 Å². The normalized spacial score (nSPS) is 12.4. The van der Waals surface area contributed by atoms with Crippen molar-refractivity contribution in [1.82, 2.24) is 5.32 Å². The highest BCUT2D eigenvalue weighted by molar-refractivity contribution is 7.89. The average Bonchev–Trinajstić information content (AvgIpc) is 2.58. The molecule has 0 aliphatic rings. The second kappa shape index (κ2) is 8.82. The molecule has 0 aliphatic heterocycles. The molecule has 0 aliphatic carbocycles. The van der Waals surface area contributed by atoms with Crippen molar-refractivity contribution >= 4 is 15.9 Å². The molecule has 1 unspecified atom stereocenters. The van der Waals surface area contributed by atoms with E-state index in [0.717, 1.165) is 16.9 Å². The van der Waals surface area contributed by atoms with Gasteiger partial charge in [0.05, 0.1) is 17.5 Å². The van der Waals surface area contributed by atoms with Crippen LogP contribution in [0.2, 0.25) is 0 Å². The predicted octanol–water partition coefficient (Wildman–Crippen LogP) is 2.68. The summed E-state index contributed by atoms with van der Waals surface area (Å²) in [7, 11) is -3.71. The second-order valence-electron chi connectivity index (χ2n) is 6.17. The van der Waals surface area contributed by atoms with E-state index in [4.69, 9.17) is 9.88 Å². The Morgan fingerprint density at radius 1 is 1.19 bits per heavy atom. The Balaban J connectivity index is 1.76. The smallest absolute Gasteiger partial charge is 0.238 e. The van der Waals surface area contributed by atoms with Gasteiger partial charge in [-0.1, -0.05) is 24.3 Å². The number of rotatable bonds is 8. The van der Waals surface area contributed by atoms with Crippen LogP contribution in [0.15, 0.2) is 53.4 Å². The van der Waals surface area contributed by atoms with Crippen LogP contribution in [-0.4, -0.2) is 20.9 Å². The number of hydrogen-bond acceptors (Lipinski definition) is 4. The Hall–Kier alpha value is -2.38. The number of amides is 1. The van der Waals surface area contributed by atoms with Gasteiger partial charge >= 0.3 is 0 Å². The SMILES string of the molecule is Cc1cccc(OCCCC(=O)NC(C)c2ccc(S(N)(=O)=O)cc2)c1. The van der Waals surface area contributed by atoms with E-state index in [0.29, 0.717) is 19.4 Å². The van der Waals surface area contributed by atoms with Crippen molar-refractivity contribution in [3.05, 3.63) is 59.7 Å². The summed E-state index contributed by atoms with van der Waals surface area (Å²) in [5.74, 6) is 0.717. The molecule has 0 saturated heterocycles. The highest BCUT2D eigenvalue weighted by Gasteiger charge is 2.12. The first kappa shape index (κ1) is 19.9. The van der Waals surface area contributed by atoms with Gasteiger partial charge in [0.1, 0.15) is 5.75 Å². The first-order valence-electron chi connectivity index (χ1n) is 8.37. The van der Waals surface area contributed by atoms with Gasteiger partial charge in [0.25, 0.3) is 0 Å². The molecule has 0 aromatic heterocycles. The first-order valence-corrected chi connectivity index (χ1v) is 9.92. The summed E-state index contributed by atoms with van der Waals surface area (Å²) in [6.07, 6.45) is 0.961. The molecule has 0 spiro atoms. The summed E-state index contributed by atoms with van der Waals surface area (Å²) in [5, 5.41) is 7.96. The minimum absolute atomic E-state index is 0.0491. The Morgan fingerprint density at radius 3 is 2.50 bits per heavy atom. The monoisotopic (exact) mass is 376 g/mol. The van der Waals surface area contributed by atoms with Crippen LogP contribution in [0.25, 0.3) is 0 Å². The van der Waals surface area contributed by atoms with E-state index < -0.39 is 10.0 Å². The molecule has 1 amide bonds. The van der Waals surface area contributed by atoms with E-state index in [1.54, 1.807) is 12.1 Å². The van der Waals surface area contributed by atoms with Crippen molar-refractivity contribution in [2.45, 2.75) is 37.6 Å². The number of sulfonamides is 1. The van der Waals surface area contributed by atoms with Crippen LogP contribution < -0.4 is 15.2 Å². The molecule has 0 fully saturated rings. The van der Waals surface area contributed by atoms with Gasteiger partial charge in [-0.15, -0.1) is 0 Å². The van der Waals surface area contributed by atoms with Gasteiger partial charge < -0.3 is 10.1 Å². The third-order valence-corrected chi connectivity index (χ3v) is 4.82. The largest absolute Gasteiger partial charge is 0.494 e. The lowest BCUT2D eigenvalue weighted by atomic mass is 10.1. The van der Waals surface area contributed by atoms with Gasteiger partial charge in [0.2, 0.25) is 15.9 Å². The van der Waals surface area contributed by atoms with E-state index in [1.165, 1.54) is 12.1 Å². The van der Waals surface area contributed by atoms with Crippen LogP contribution in [0, 0.1) is 6.92 Å². The van der Waals surface area contributed by atoms with Gasteiger partial charge in [-0.2, -0.15) is 0 Å². The van der Waals surface area contributed by atoms with Crippen LogP contribution in [0.1, 0.15) is 36.9 Å². The molecule has 2 aromatic rings. The number of carbonyl (C=O) groups is 1. The molecular formula is C19H24N2O4S. The van der Waals surface area contributed by atoms with E-state index in [-0.39, 0.29) is 16.8 Å². The maximum absolute atomic E-state index is 12.0. The maximum Gasteiger partial charge on any atom is 0.238 e. The van der Waals surface area contributed by atoms with E-state index in [1.807, 2.05) is 38.1 Å². The van der Waals surface area contributed by atoms with Crippen molar-refractivity contribution in [3.8, 4) is 5.75 Å². The number of primary sulfonamides is 1. The predicted molar refractivity (Wildman–Crippen MR) is 100 cm³/mol. The zero-order chi connectivity index (χ0) is 19.2. The van der Waals surface area contributed by atoms with Crippen LogP contribution >= 0.6 is 0 Å². The Morgan fingerprint density at radius 2 is 1.88 bits per heavy atom. The fourth-order valence-electron chi connectivity index (χ4n) is 2.47. The standard InChI is InChI=1S/C19H24N2O4S/c1-14-5-3-6-17(13-14)25-12-4-7-19(22)21-15(2)16-8-10-18(11-9-16)26(20,23)24/h3,5-6,8-11,13,15H,4,7,12H2,1-2H3,(H,21,22)(H2,20,23,24). The van der Waals surface area contributed by atoms with Crippen molar-refractivity contribution in [2.75, 3.05) is 6.61 Å². The summed E-state index contributed by atoms with van der Waals surface area (Å²) < 4.78 is 28.1. The molecule has 0 radical (unpaired) electrons. The number of hydrogen-bond donors (Lipinski definition) is 2. The molecule has 7 heteroatoms. The summed E-state index contributed by atoms with van der Waals surface area (Å²) in [6.45, 7) is 4.30. The Labute approximate surface area is 154 Å². The molecular weight excluding hydrogens is 352 g/mol. The first-order chi connectivity index (χ1) is 12.3. The molecule has 0 heterocycles. The lowest BCUT2D eigenvalue weighted by Crippen LogP contribution is -2.26. The highest BCUT2D eigenvalue weighted by atomic mass is 32.2. The van der Waals surface area contributed by atoms with Gasteiger partial charge in [0.15, 0.2) is 0 Å². The summed E-state index contributed by atoms with van der Waals surface area (Å²) >= 11 is 0. The van der Waals surface area contributed by atoms with Crippen LogP contribution in [0.5, 0.6) is 5.75 Å². The topological polar surface area (TPSA) is 98.5 Å². The fourth-order valence-corrected chi connectivity index (χ4v) is 2.99. The van der Waals surface area contributed by atoms with Crippen LogP contribution in [0.4, 0.5) is 0 Å². The third kappa shape index (κ3) is 6.16. The van der Waals surface area contributed by atoms with Gasteiger partial charge in [-0.25, -0.2) is 13.6 Å². The number of ether oxygens (including phenoxy) is 1. The van der Waals surface area contributed by atoms with E-state index in [2.05, 4.69) is 5.32 Å². The van der Waals surface area contributed by atoms with Gasteiger partial charge in [-0.05, 0) is 55.7 Å². The summed E-state index contributed by atoms with van der Waals surface area (Å²) in [4.78, 5) is 12.1. The van der Waals surface area contributed by atoms with E-state index >= 15 is 0 Å². The van der Waals surface area contributed by atoms with Crippen molar-refractivity contribution in [2.24, 2.45) is 5.14 Å². The number of aryl methyl sites for hydroxylation is 1. The summed E-state index contributed by atoms with van der Waals surface area (Å²) in [6, 6.07) is 13.7. The van der Waals surface area contributed by atoms with Gasteiger partial charge in [0, 0.05) is 6.42 Å². The molecule has 2 aromatic carbocycles. The molecule has 26 heavy (non-hydrogen) atoms. The highest BCUT2D eigenvalue weighted by Crippen LogP contribution is 2.16. The lowest BCUT2D eigenvalue weighted by Gasteiger charge is -2.15. The van der Waals surface area contributed by atoms with Crippen LogP contribution in [-0.2, 0) is 14.8 Å². The average molecular weight is 376 g/mol. The van der Waals surface area contributed by atoms with Crippen LogP contribution in [0.3, 0.4) is 0 Å². The molecule has 140 valence electrons. The van der Waals surface area contributed by atoms with Crippen molar-refractivity contribution < 1.29 is 17.9 Å². The molecule has 6 nitrogen and oxygen atoms in total. The maximum atomic E-state index is 12.0. The molecule has 0 saturated carbocycles. The Bertz CT molecular complexity index is 848.